The molecule has 0 fully saturated rings. The first kappa shape index (κ1) is 12.7. The molecule has 0 aliphatic rings. The van der Waals surface area contributed by atoms with Gasteiger partial charge in [0, 0.05) is 12.5 Å². The van der Waals surface area contributed by atoms with Crippen molar-refractivity contribution in [3.05, 3.63) is 35.6 Å². The third-order valence-electron chi connectivity index (χ3n) is 2.44. The predicted molar refractivity (Wildman–Crippen MR) is 65.5 cm³/mol. The van der Waals surface area contributed by atoms with Gasteiger partial charge >= 0.3 is 0 Å². The van der Waals surface area contributed by atoms with Crippen LogP contribution in [0.25, 0.3) is 0 Å². The predicted octanol–water partition coefficient (Wildman–Crippen LogP) is 3.28. The largest absolute Gasteiger partial charge is 0.310 e. The van der Waals surface area contributed by atoms with Gasteiger partial charge in [0.1, 0.15) is 5.82 Å². The third-order valence-corrected chi connectivity index (χ3v) is 2.44. The van der Waals surface area contributed by atoms with E-state index in [1.165, 1.54) is 6.07 Å². The van der Waals surface area contributed by atoms with Gasteiger partial charge in [-0.05, 0) is 37.6 Å². The first-order valence-corrected chi connectivity index (χ1v) is 5.66. The highest BCUT2D eigenvalue weighted by Gasteiger charge is 2.09. The fourth-order valence-electron chi connectivity index (χ4n) is 1.70. The molecule has 1 aromatic carbocycles. The highest BCUT2D eigenvalue weighted by Crippen LogP contribution is 2.18. The summed E-state index contributed by atoms with van der Waals surface area (Å²) < 4.78 is 13.1. The summed E-state index contributed by atoms with van der Waals surface area (Å²) in [6.45, 7) is 4.77. The van der Waals surface area contributed by atoms with E-state index in [9.17, 15) is 4.39 Å². The van der Waals surface area contributed by atoms with Gasteiger partial charge in [-0.2, -0.15) is 0 Å². The van der Waals surface area contributed by atoms with Crippen LogP contribution in [0.15, 0.2) is 24.3 Å². The number of hydrogen-bond donors (Lipinski definition) is 1. The summed E-state index contributed by atoms with van der Waals surface area (Å²) >= 11 is 0. The van der Waals surface area contributed by atoms with Gasteiger partial charge in [-0.15, -0.1) is 11.8 Å². The van der Waals surface area contributed by atoms with E-state index in [2.05, 4.69) is 24.1 Å². The molecule has 1 nitrogen and oxygen atoms in total. The molecule has 0 heterocycles. The summed E-state index contributed by atoms with van der Waals surface area (Å²) in [4.78, 5) is 0. The molecule has 2 heteroatoms. The highest BCUT2D eigenvalue weighted by atomic mass is 19.1. The van der Waals surface area contributed by atoms with Crippen molar-refractivity contribution in [2.45, 2.75) is 32.7 Å². The summed E-state index contributed by atoms with van der Waals surface area (Å²) in [6, 6.07) is 6.96. The average Bonchev–Trinajstić information content (AvgIpc) is 2.28. The lowest BCUT2D eigenvalue weighted by molar-refractivity contribution is 0.517. The van der Waals surface area contributed by atoms with Crippen LogP contribution in [0.3, 0.4) is 0 Å². The molecule has 1 aromatic rings. The first-order chi connectivity index (χ1) is 7.77. The van der Waals surface area contributed by atoms with Crippen LogP contribution in [0.1, 0.15) is 38.3 Å². The molecule has 16 heavy (non-hydrogen) atoms. The standard InChI is InChI=1S/C14H18FN/c1-3-5-6-10-14(16-4-2)12-8-7-9-13(15)11-12/h7-9,11,14,16H,4,6,10H2,1-2H3. The van der Waals surface area contributed by atoms with Gasteiger partial charge in [-0.1, -0.05) is 19.1 Å². The molecule has 0 aliphatic carbocycles. The van der Waals surface area contributed by atoms with Crippen molar-refractivity contribution >= 4 is 0 Å². The van der Waals surface area contributed by atoms with Gasteiger partial charge in [-0.25, -0.2) is 4.39 Å². The number of halogens is 1. The van der Waals surface area contributed by atoms with Crippen molar-refractivity contribution in [2.24, 2.45) is 0 Å². The maximum atomic E-state index is 13.1. The van der Waals surface area contributed by atoms with E-state index in [0.717, 1.165) is 24.9 Å². The lowest BCUT2D eigenvalue weighted by Crippen LogP contribution is -2.20. The van der Waals surface area contributed by atoms with Gasteiger partial charge in [0.05, 0.1) is 0 Å². The van der Waals surface area contributed by atoms with Crippen LogP contribution >= 0.6 is 0 Å². The van der Waals surface area contributed by atoms with E-state index >= 15 is 0 Å². The second kappa shape index (κ2) is 7.03. The van der Waals surface area contributed by atoms with Gasteiger partial charge in [0.2, 0.25) is 0 Å². The fraction of sp³-hybridized carbons (Fsp3) is 0.429. The minimum absolute atomic E-state index is 0.179. The average molecular weight is 219 g/mol. The van der Waals surface area contributed by atoms with Crippen molar-refractivity contribution < 1.29 is 4.39 Å². The Morgan fingerprint density at radius 2 is 2.25 bits per heavy atom. The van der Waals surface area contributed by atoms with Crippen molar-refractivity contribution in [3.8, 4) is 11.8 Å². The molecule has 1 N–H and O–H groups in total. The summed E-state index contributed by atoms with van der Waals surface area (Å²) in [6.07, 6.45) is 1.75. The molecule has 0 aromatic heterocycles. The zero-order chi connectivity index (χ0) is 11.8. The maximum Gasteiger partial charge on any atom is 0.123 e. The molecule has 0 spiro atoms. The fourth-order valence-corrected chi connectivity index (χ4v) is 1.70. The van der Waals surface area contributed by atoms with Crippen LogP contribution in [0.2, 0.25) is 0 Å². The zero-order valence-electron chi connectivity index (χ0n) is 9.89. The summed E-state index contributed by atoms with van der Waals surface area (Å²) in [7, 11) is 0. The van der Waals surface area contributed by atoms with E-state index in [4.69, 9.17) is 0 Å². The second-order valence-corrected chi connectivity index (χ2v) is 3.63. The molecule has 86 valence electrons. The van der Waals surface area contributed by atoms with Crippen molar-refractivity contribution in [2.75, 3.05) is 6.54 Å². The SMILES string of the molecule is CC#CCCC(NCC)c1cccc(F)c1. The topological polar surface area (TPSA) is 12.0 Å². The van der Waals surface area contributed by atoms with E-state index in [1.807, 2.05) is 13.0 Å². The Bertz CT molecular complexity index is 376. The zero-order valence-corrected chi connectivity index (χ0v) is 9.89. The third kappa shape index (κ3) is 4.04. The minimum Gasteiger partial charge on any atom is -0.310 e. The Kier molecular flexibility index (Phi) is 5.60. The van der Waals surface area contributed by atoms with E-state index in [-0.39, 0.29) is 11.9 Å². The quantitative estimate of drug-likeness (QED) is 0.749. The molecule has 0 radical (unpaired) electrons. The molecule has 0 aliphatic heterocycles. The van der Waals surface area contributed by atoms with Gasteiger partial charge in [0.25, 0.3) is 0 Å². The van der Waals surface area contributed by atoms with Gasteiger partial charge < -0.3 is 5.32 Å². The molecule has 0 saturated heterocycles. The molecule has 0 bridgehead atoms. The molecule has 0 amide bonds. The Morgan fingerprint density at radius 1 is 1.44 bits per heavy atom. The van der Waals surface area contributed by atoms with E-state index in [0.29, 0.717) is 0 Å². The summed E-state index contributed by atoms with van der Waals surface area (Å²) in [5.74, 6) is 5.74. The molecule has 0 saturated carbocycles. The normalized spacial score (nSPS) is 11.7. The van der Waals surface area contributed by atoms with Crippen molar-refractivity contribution in [1.29, 1.82) is 0 Å². The smallest absolute Gasteiger partial charge is 0.123 e. The second-order valence-electron chi connectivity index (χ2n) is 3.63. The number of rotatable bonds is 5. The van der Waals surface area contributed by atoms with Gasteiger partial charge in [-0.3, -0.25) is 0 Å². The molecular weight excluding hydrogens is 201 g/mol. The molecule has 1 rings (SSSR count). The number of nitrogens with one attached hydrogen (secondary N) is 1. The van der Waals surface area contributed by atoms with Crippen LogP contribution in [0.5, 0.6) is 0 Å². The summed E-state index contributed by atoms with van der Waals surface area (Å²) in [5.41, 5.74) is 1.000. The Balaban J connectivity index is 2.70. The Morgan fingerprint density at radius 3 is 2.88 bits per heavy atom. The minimum atomic E-state index is -0.179. The lowest BCUT2D eigenvalue weighted by Gasteiger charge is -2.17. The highest BCUT2D eigenvalue weighted by molar-refractivity contribution is 5.20. The molecule has 1 unspecified atom stereocenters. The first-order valence-electron chi connectivity index (χ1n) is 5.66. The van der Waals surface area contributed by atoms with Crippen LogP contribution in [0.4, 0.5) is 4.39 Å². The van der Waals surface area contributed by atoms with Crippen LogP contribution in [-0.2, 0) is 0 Å². The Labute approximate surface area is 97.1 Å². The lowest BCUT2D eigenvalue weighted by atomic mass is 10.0. The van der Waals surface area contributed by atoms with Crippen molar-refractivity contribution in [3.63, 3.8) is 0 Å². The molecule has 1 atom stereocenters. The maximum absolute atomic E-state index is 13.1. The van der Waals surface area contributed by atoms with Gasteiger partial charge in [0.15, 0.2) is 0 Å². The van der Waals surface area contributed by atoms with Crippen LogP contribution in [-0.4, -0.2) is 6.54 Å². The van der Waals surface area contributed by atoms with E-state index in [1.54, 1.807) is 12.1 Å². The van der Waals surface area contributed by atoms with Crippen LogP contribution in [0, 0.1) is 17.7 Å². The van der Waals surface area contributed by atoms with E-state index < -0.39 is 0 Å². The monoisotopic (exact) mass is 219 g/mol. The molecular formula is C14H18FN. The van der Waals surface area contributed by atoms with Crippen LogP contribution < -0.4 is 5.32 Å². The summed E-state index contributed by atoms with van der Waals surface area (Å²) in [5, 5.41) is 3.35. The Hall–Kier alpha value is -1.33. The van der Waals surface area contributed by atoms with Crippen molar-refractivity contribution in [1.82, 2.24) is 5.32 Å². The number of hydrogen-bond acceptors (Lipinski definition) is 1. The number of benzene rings is 1.